The molecule has 1 aliphatic rings. The lowest BCUT2D eigenvalue weighted by atomic mass is 10.1. The van der Waals surface area contributed by atoms with Gasteiger partial charge in [-0.05, 0) is 17.7 Å². The molecule has 1 aliphatic heterocycles. The molecule has 1 aromatic rings. The standard InChI is InChI=1S/C12H9BrF5NO2/c13-8-3-6-1-2-21-9(6)7(4-8)5-19-10(20)11(14,15)12(16,17)18/h3-4H,1-2,5H2,(H,19,20). The molecule has 1 aromatic carbocycles. The number of benzene rings is 1. The number of rotatable bonds is 3. The van der Waals surface area contributed by atoms with Gasteiger partial charge in [0.05, 0.1) is 6.61 Å². The summed E-state index contributed by atoms with van der Waals surface area (Å²) in [7, 11) is 0. The van der Waals surface area contributed by atoms with Crippen molar-refractivity contribution in [2.45, 2.75) is 25.1 Å². The monoisotopic (exact) mass is 373 g/mol. The lowest BCUT2D eigenvalue weighted by Crippen LogP contribution is -2.50. The van der Waals surface area contributed by atoms with Crippen LogP contribution in [-0.2, 0) is 17.8 Å². The Morgan fingerprint density at radius 2 is 1.95 bits per heavy atom. The molecule has 0 aliphatic carbocycles. The van der Waals surface area contributed by atoms with Crippen molar-refractivity contribution in [1.82, 2.24) is 5.32 Å². The second-order valence-electron chi connectivity index (χ2n) is 4.41. The van der Waals surface area contributed by atoms with Crippen LogP contribution in [0.2, 0.25) is 0 Å². The quantitative estimate of drug-likeness (QED) is 0.826. The maximum atomic E-state index is 12.8. The van der Waals surface area contributed by atoms with Crippen molar-refractivity contribution in [3.8, 4) is 5.75 Å². The van der Waals surface area contributed by atoms with E-state index in [9.17, 15) is 26.7 Å². The first-order valence-corrected chi connectivity index (χ1v) is 6.59. The lowest BCUT2D eigenvalue weighted by molar-refractivity contribution is -0.269. The molecule has 116 valence electrons. The van der Waals surface area contributed by atoms with Crippen LogP contribution < -0.4 is 10.1 Å². The van der Waals surface area contributed by atoms with Gasteiger partial charge >= 0.3 is 18.0 Å². The average Bonchev–Trinajstić information content (AvgIpc) is 2.81. The smallest absolute Gasteiger partial charge is 0.463 e. The van der Waals surface area contributed by atoms with Crippen molar-refractivity contribution in [1.29, 1.82) is 0 Å². The third kappa shape index (κ3) is 3.12. The van der Waals surface area contributed by atoms with E-state index in [2.05, 4.69) is 15.9 Å². The van der Waals surface area contributed by atoms with Gasteiger partial charge in [0.1, 0.15) is 5.75 Å². The minimum absolute atomic E-state index is 0.336. The number of hydrogen-bond donors (Lipinski definition) is 1. The second kappa shape index (κ2) is 5.43. The van der Waals surface area contributed by atoms with Crippen molar-refractivity contribution in [3.05, 3.63) is 27.7 Å². The summed E-state index contributed by atoms with van der Waals surface area (Å²) in [4.78, 5) is 11.0. The third-order valence-electron chi connectivity index (χ3n) is 2.91. The second-order valence-corrected chi connectivity index (χ2v) is 5.32. The van der Waals surface area contributed by atoms with Gasteiger partial charge in [-0.2, -0.15) is 22.0 Å². The van der Waals surface area contributed by atoms with Crippen LogP contribution in [0.3, 0.4) is 0 Å². The van der Waals surface area contributed by atoms with Crippen molar-refractivity contribution >= 4 is 21.8 Å². The molecule has 2 rings (SSSR count). The van der Waals surface area contributed by atoms with E-state index in [1.54, 1.807) is 11.4 Å². The van der Waals surface area contributed by atoms with Crippen molar-refractivity contribution in [2.24, 2.45) is 0 Å². The van der Waals surface area contributed by atoms with E-state index in [0.717, 1.165) is 5.56 Å². The number of hydrogen-bond acceptors (Lipinski definition) is 2. The summed E-state index contributed by atoms with van der Waals surface area (Å²) in [6.45, 7) is -0.0856. The minimum Gasteiger partial charge on any atom is -0.493 e. The normalized spacial score (nSPS) is 14.6. The summed E-state index contributed by atoms with van der Waals surface area (Å²) in [5.74, 6) is -7.40. The predicted octanol–water partition coefficient (Wildman–Crippen LogP) is 3.20. The zero-order chi connectivity index (χ0) is 15.8. The maximum Gasteiger partial charge on any atom is 0.463 e. The van der Waals surface area contributed by atoms with Crippen molar-refractivity contribution in [3.63, 3.8) is 0 Å². The molecular weight excluding hydrogens is 365 g/mol. The summed E-state index contributed by atoms with van der Waals surface area (Å²) in [5, 5.41) is 1.59. The Morgan fingerprint density at radius 3 is 2.57 bits per heavy atom. The van der Waals surface area contributed by atoms with Gasteiger partial charge in [-0.1, -0.05) is 15.9 Å². The fourth-order valence-electron chi connectivity index (χ4n) is 1.89. The van der Waals surface area contributed by atoms with E-state index >= 15 is 0 Å². The van der Waals surface area contributed by atoms with E-state index in [1.807, 2.05) is 0 Å². The van der Waals surface area contributed by atoms with E-state index < -0.39 is 24.6 Å². The molecule has 0 unspecified atom stereocenters. The molecule has 0 spiro atoms. The molecule has 0 atom stereocenters. The molecule has 1 N–H and O–H groups in total. The molecule has 0 aromatic heterocycles. The summed E-state index contributed by atoms with van der Waals surface area (Å²) >= 11 is 3.20. The first-order chi connectivity index (χ1) is 9.63. The molecule has 0 radical (unpaired) electrons. The highest BCUT2D eigenvalue weighted by molar-refractivity contribution is 9.10. The van der Waals surface area contributed by atoms with Gasteiger partial charge in [-0.25, -0.2) is 0 Å². The lowest BCUT2D eigenvalue weighted by Gasteiger charge is -2.19. The van der Waals surface area contributed by atoms with Gasteiger partial charge < -0.3 is 10.1 Å². The maximum absolute atomic E-state index is 12.8. The van der Waals surface area contributed by atoms with Crippen LogP contribution in [0.1, 0.15) is 11.1 Å². The number of carbonyl (C=O) groups excluding carboxylic acids is 1. The largest absolute Gasteiger partial charge is 0.493 e. The Balaban J connectivity index is 2.13. The first-order valence-electron chi connectivity index (χ1n) is 5.80. The van der Waals surface area contributed by atoms with Crippen molar-refractivity contribution < 1.29 is 31.5 Å². The van der Waals surface area contributed by atoms with Crippen LogP contribution in [0.4, 0.5) is 22.0 Å². The van der Waals surface area contributed by atoms with Crippen LogP contribution in [0.15, 0.2) is 16.6 Å². The number of alkyl halides is 5. The Morgan fingerprint density at radius 1 is 1.29 bits per heavy atom. The molecule has 0 bridgehead atoms. The SMILES string of the molecule is O=C(NCc1cc(Br)cc2c1OCC2)C(F)(F)C(F)(F)F. The Hall–Kier alpha value is -1.38. The van der Waals surface area contributed by atoms with Crippen LogP contribution in [0.25, 0.3) is 0 Å². The van der Waals surface area contributed by atoms with Gasteiger partial charge in [0, 0.05) is 23.0 Å². The topological polar surface area (TPSA) is 38.3 Å². The Kier molecular flexibility index (Phi) is 4.14. The fourth-order valence-corrected chi connectivity index (χ4v) is 2.45. The van der Waals surface area contributed by atoms with Crippen LogP contribution in [-0.4, -0.2) is 24.6 Å². The highest BCUT2D eigenvalue weighted by Gasteiger charge is 2.63. The number of carbonyl (C=O) groups is 1. The number of amides is 1. The molecule has 0 saturated carbocycles. The molecule has 0 saturated heterocycles. The summed E-state index contributed by atoms with van der Waals surface area (Å²) < 4.78 is 67.7. The molecular formula is C12H9BrF5NO2. The summed E-state index contributed by atoms with van der Waals surface area (Å²) in [6.07, 6.45) is -5.32. The van der Waals surface area contributed by atoms with E-state index in [-0.39, 0.29) is 0 Å². The number of fused-ring (bicyclic) bond motifs is 1. The number of halogens is 6. The highest BCUT2D eigenvalue weighted by atomic mass is 79.9. The van der Waals surface area contributed by atoms with E-state index in [1.165, 1.54) is 6.07 Å². The molecule has 21 heavy (non-hydrogen) atoms. The summed E-state index contributed by atoms with van der Waals surface area (Å²) in [5.41, 5.74) is 1.14. The minimum atomic E-state index is -5.92. The molecule has 0 fully saturated rings. The van der Waals surface area contributed by atoms with E-state index in [4.69, 9.17) is 4.74 Å². The van der Waals surface area contributed by atoms with Gasteiger partial charge in [0.25, 0.3) is 0 Å². The first kappa shape index (κ1) is 16.0. The molecule has 1 amide bonds. The zero-order valence-corrected chi connectivity index (χ0v) is 11.9. The van der Waals surface area contributed by atoms with Gasteiger partial charge in [0.15, 0.2) is 0 Å². The number of nitrogens with one attached hydrogen (secondary N) is 1. The van der Waals surface area contributed by atoms with Gasteiger partial charge in [0.2, 0.25) is 0 Å². The number of ether oxygens (including phenoxy) is 1. The van der Waals surface area contributed by atoms with Crippen LogP contribution in [0, 0.1) is 0 Å². The van der Waals surface area contributed by atoms with Gasteiger partial charge in [-0.3, -0.25) is 4.79 Å². The van der Waals surface area contributed by atoms with E-state index in [0.29, 0.717) is 28.8 Å². The highest BCUT2D eigenvalue weighted by Crippen LogP contribution is 2.36. The predicted molar refractivity (Wildman–Crippen MR) is 66.2 cm³/mol. The molecule has 9 heteroatoms. The van der Waals surface area contributed by atoms with Crippen LogP contribution >= 0.6 is 15.9 Å². The zero-order valence-electron chi connectivity index (χ0n) is 10.4. The third-order valence-corrected chi connectivity index (χ3v) is 3.36. The average molecular weight is 374 g/mol. The molecule has 3 nitrogen and oxygen atoms in total. The molecule has 1 heterocycles. The van der Waals surface area contributed by atoms with Gasteiger partial charge in [-0.15, -0.1) is 0 Å². The fraction of sp³-hybridized carbons (Fsp3) is 0.417. The summed E-state index contributed by atoms with van der Waals surface area (Å²) in [6, 6.07) is 3.26. The Bertz CT molecular complexity index is 574. The van der Waals surface area contributed by atoms with Crippen LogP contribution in [0.5, 0.6) is 5.75 Å². The Labute approximate surface area is 124 Å². The van der Waals surface area contributed by atoms with Crippen molar-refractivity contribution in [2.75, 3.05) is 6.61 Å².